The van der Waals surface area contributed by atoms with Crippen LogP contribution in [-0.2, 0) is 0 Å². The molecule has 1 nitrogen and oxygen atoms in total. The highest BCUT2D eigenvalue weighted by Crippen LogP contribution is 2.22. The number of alkyl halides is 3. The van der Waals surface area contributed by atoms with E-state index in [1.807, 2.05) is 0 Å². The smallest absolute Gasteiger partial charge is 0.317 e. The van der Waals surface area contributed by atoms with Gasteiger partial charge in [0.15, 0.2) is 0 Å². The van der Waals surface area contributed by atoms with Crippen molar-refractivity contribution in [2.75, 3.05) is 7.05 Å². The summed E-state index contributed by atoms with van der Waals surface area (Å²) < 4.78 is 35.5. The Morgan fingerprint density at radius 1 is 1.50 bits per heavy atom. The maximum Gasteiger partial charge on any atom is 0.390 e. The molecule has 4 heteroatoms. The first-order valence-corrected chi connectivity index (χ1v) is 3.67. The van der Waals surface area contributed by atoms with E-state index in [-0.39, 0.29) is 0 Å². The van der Waals surface area contributed by atoms with E-state index < -0.39 is 18.6 Å². The zero-order valence-electron chi connectivity index (χ0n) is 6.91. The van der Waals surface area contributed by atoms with Crippen molar-refractivity contribution in [3.05, 3.63) is 0 Å². The molecule has 0 heterocycles. The summed E-state index contributed by atoms with van der Waals surface area (Å²) in [6.07, 6.45) is 0.757. The fraction of sp³-hybridized carbons (Fsp3) is 0.750. The summed E-state index contributed by atoms with van der Waals surface area (Å²) in [5.41, 5.74) is 0. The zero-order valence-corrected chi connectivity index (χ0v) is 6.91. The molecule has 70 valence electrons. The van der Waals surface area contributed by atoms with Crippen LogP contribution >= 0.6 is 0 Å². The Labute approximate surface area is 70.3 Å². The molecule has 0 radical (unpaired) electrons. The zero-order chi connectivity index (χ0) is 9.61. The minimum atomic E-state index is -4.11. The van der Waals surface area contributed by atoms with Gasteiger partial charge in [-0.05, 0) is 13.5 Å². The molecule has 0 aromatic rings. The molecule has 1 unspecified atom stereocenters. The lowest BCUT2D eigenvalue weighted by Gasteiger charge is -2.16. The first-order chi connectivity index (χ1) is 5.49. The Bertz CT molecular complexity index is 157. The van der Waals surface area contributed by atoms with Gasteiger partial charge in [0.1, 0.15) is 0 Å². The summed E-state index contributed by atoms with van der Waals surface area (Å²) in [5, 5.41) is 2.58. The summed E-state index contributed by atoms with van der Waals surface area (Å²) in [4.78, 5) is 0. The SMILES string of the molecule is C#CCCC(CC(F)(F)F)NC. The number of terminal acetylenes is 1. The summed E-state index contributed by atoms with van der Waals surface area (Å²) in [7, 11) is 1.51. The predicted molar refractivity (Wildman–Crippen MR) is 41.6 cm³/mol. The molecule has 0 saturated carbocycles. The third kappa shape index (κ3) is 6.05. The number of rotatable bonds is 4. The minimum absolute atomic E-state index is 0.368. The highest BCUT2D eigenvalue weighted by molar-refractivity contribution is 4.85. The van der Waals surface area contributed by atoms with Crippen LogP contribution in [0.1, 0.15) is 19.3 Å². The lowest BCUT2D eigenvalue weighted by Crippen LogP contribution is -2.30. The second kappa shape index (κ2) is 5.04. The molecule has 12 heavy (non-hydrogen) atoms. The van der Waals surface area contributed by atoms with Crippen LogP contribution in [0.15, 0.2) is 0 Å². The third-order valence-corrected chi connectivity index (χ3v) is 1.52. The van der Waals surface area contributed by atoms with Gasteiger partial charge in [0.2, 0.25) is 0 Å². The average Bonchev–Trinajstić information content (AvgIpc) is 1.95. The molecular formula is C8H12F3N. The normalized spacial score (nSPS) is 13.9. The second-order valence-electron chi connectivity index (χ2n) is 2.55. The van der Waals surface area contributed by atoms with Crippen LogP contribution in [0.2, 0.25) is 0 Å². The summed E-state index contributed by atoms with van der Waals surface area (Å²) in [5.74, 6) is 2.31. The lowest BCUT2D eigenvalue weighted by atomic mass is 10.1. The van der Waals surface area contributed by atoms with Gasteiger partial charge in [-0.2, -0.15) is 13.2 Å². The topological polar surface area (TPSA) is 12.0 Å². The molecule has 0 aliphatic carbocycles. The molecule has 0 aromatic carbocycles. The molecule has 0 fully saturated rings. The van der Waals surface area contributed by atoms with Gasteiger partial charge in [0.05, 0.1) is 6.42 Å². The Morgan fingerprint density at radius 2 is 2.08 bits per heavy atom. The maximum atomic E-state index is 11.8. The molecule has 0 amide bonds. The first kappa shape index (κ1) is 11.3. The quantitative estimate of drug-likeness (QED) is 0.650. The molecule has 1 N–H and O–H groups in total. The van der Waals surface area contributed by atoms with Crippen molar-refractivity contribution in [1.29, 1.82) is 0 Å². The van der Waals surface area contributed by atoms with Gasteiger partial charge in [-0.1, -0.05) is 0 Å². The Hall–Kier alpha value is -0.690. The molecule has 0 rings (SSSR count). The summed E-state index contributed by atoms with van der Waals surface area (Å²) >= 11 is 0. The van der Waals surface area contributed by atoms with Crippen molar-refractivity contribution in [2.24, 2.45) is 0 Å². The number of hydrogen-bond acceptors (Lipinski definition) is 1. The number of halogens is 3. The summed E-state index contributed by atoms with van der Waals surface area (Å²) in [6.45, 7) is 0. The van der Waals surface area contributed by atoms with E-state index in [1.54, 1.807) is 0 Å². The standard InChI is InChI=1S/C8H12F3N/c1-3-4-5-7(12-2)6-8(9,10)11/h1,7,12H,4-6H2,2H3. The fourth-order valence-electron chi connectivity index (χ4n) is 0.885. The minimum Gasteiger partial charge on any atom is -0.317 e. The van der Waals surface area contributed by atoms with Crippen molar-refractivity contribution in [1.82, 2.24) is 5.32 Å². The van der Waals surface area contributed by atoms with Gasteiger partial charge >= 0.3 is 6.18 Å². The molecule has 0 aliphatic rings. The Balaban J connectivity index is 3.77. The van der Waals surface area contributed by atoms with Gasteiger partial charge in [-0.15, -0.1) is 12.3 Å². The lowest BCUT2D eigenvalue weighted by molar-refractivity contribution is -0.140. The fourth-order valence-corrected chi connectivity index (χ4v) is 0.885. The van der Waals surface area contributed by atoms with Crippen LogP contribution in [0.3, 0.4) is 0 Å². The van der Waals surface area contributed by atoms with E-state index >= 15 is 0 Å². The number of nitrogens with one attached hydrogen (secondary N) is 1. The van der Waals surface area contributed by atoms with Crippen LogP contribution in [0, 0.1) is 12.3 Å². The van der Waals surface area contributed by atoms with Gasteiger partial charge < -0.3 is 5.32 Å². The van der Waals surface area contributed by atoms with Crippen molar-refractivity contribution < 1.29 is 13.2 Å². The van der Waals surface area contributed by atoms with E-state index in [9.17, 15) is 13.2 Å². The van der Waals surface area contributed by atoms with E-state index in [2.05, 4.69) is 11.2 Å². The largest absolute Gasteiger partial charge is 0.390 e. The molecule has 0 saturated heterocycles. The van der Waals surface area contributed by atoms with E-state index in [4.69, 9.17) is 6.42 Å². The van der Waals surface area contributed by atoms with Crippen LogP contribution in [-0.4, -0.2) is 19.3 Å². The van der Waals surface area contributed by atoms with Crippen molar-refractivity contribution >= 4 is 0 Å². The average molecular weight is 179 g/mol. The van der Waals surface area contributed by atoms with Crippen LogP contribution in [0.5, 0.6) is 0 Å². The van der Waals surface area contributed by atoms with Gasteiger partial charge in [-0.25, -0.2) is 0 Å². The number of hydrogen-bond donors (Lipinski definition) is 1. The first-order valence-electron chi connectivity index (χ1n) is 3.67. The molecule has 0 aromatic heterocycles. The molecule has 0 aliphatic heterocycles. The monoisotopic (exact) mass is 179 g/mol. The van der Waals surface area contributed by atoms with Crippen LogP contribution < -0.4 is 5.32 Å². The molecule has 0 spiro atoms. The third-order valence-electron chi connectivity index (χ3n) is 1.52. The van der Waals surface area contributed by atoms with Crippen molar-refractivity contribution in [3.8, 4) is 12.3 Å². The summed E-state index contributed by atoms with van der Waals surface area (Å²) in [6, 6.07) is -0.555. The molecule has 1 atom stereocenters. The van der Waals surface area contributed by atoms with Crippen LogP contribution in [0.25, 0.3) is 0 Å². The maximum absolute atomic E-state index is 11.8. The van der Waals surface area contributed by atoms with E-state index in [0.717, 1.165) is 0 Å². The van der Waals surface area contributed by atoms with Gasteiger partial charge in [0, 0.05) is 12.5 Å². The Morgan fingerprint density at radius 3 is 2.42 bits per heavy atom. The highest BCUT2D eigenvalue weighted by atomic mass is 19.4. The predicted octanol–water partition coefficient (Wildman–Crippen LogP) is 1.94. The highest BCUT2D eigenvalue weighted by Gasteiger charge is 2.30. The van der Waals surface area contributed by atoms with Crippen molar-refractivity contribution in [2.45, 2.75) is 31.5 Å². The van der Waals surface area contributed by atoms with Gasteiger partial charge in [0.25, 0.3) is 0 Å². The molecule has 0 bridgehead atoms. The van der Waals surface area contributed by atoms with E-state index in [1.165, 1.54) is 7.05 Å². The Kier molecular flexibility index (Phi) is 4.75. The van der Waals surface area contributed by atoms with Crippen molar-refractivity contribution in [3.63, 3.8) is 0 Å². The van der Waals surface area contributed by atoms with Crippen LogP contribution in [0.4, 0.5) is 13.2 Å². The van der Waals surface area contributed by atoms with Gasteiger partial charge in [-0.3, -0.25) is 0 Å². The second-order valence-corrected chi connectivity index (χ2v) is 2.55. The molecular weight excluding hydrogens is 167 g/mol. The van der Waals surface area contributed by atoms with E-state index in [0.29, 0.717) is 12.8 Å².